The molecule has 1 aliphatic rings. The molecule has 0 aliphatic heterocycles. The number of amides is 1. The summed E-state index contributed by atoms with van der Waals surface area (Å²) in [6, 6.07) is 13.6. The molecule has 40 heavy (non-hydrogen) atoms. The molecular formula is C29H27N3O7S. The Bertz CT molecular complexity index is 1510. The average molecular weight is 562 g/mol. The Labute approximate surface area is 234 Å². The Balaban J connectivity index is 1.65. The lowest BCUT2D eigenvalue weighted by molar-refractivity contribution is -0.385. The van der Waals surface area contributed by atoms with Gasteiger partial charge in [-0.25, -0.2) is 4.79 Å². The first-order valence-corrected chi connectivity index (χ1v) is 13.5. The molecule has 1 aromatic heterocycles. The molecule has 0 saturated heterocycles. The Kier molecular flexibility index (Phi) is 9.14. The van der Waals surface area contributed by atoms with Crippen LogP contribution in [0.1, 0.15) is 51.7 Å². The summed E-state index contributed by atoms with van der Waals surface area (Å²) in [7, 11) is 1.39. The lowest BCUT2D eigenvalue weighted by Crippen LogP contribution is -2.16. The van der Waals surface area contributed by atoms with Gasteiger partial charge in [-0.05, 0) is 55.9 Å². The lowest BCUT2D eigenvalue weighted by Gasteiger charge is -2.12. The van der Waals surface area contributed by atoms with Crippen molar-refractivity contribution in [3.05, 3.63) is 85.3 Å². The number of esters is 1. The van der Waals surface area contributed by atoms with Gasteiger partial charge >= 0.3 is 5.97 Å². The first-order chi connectivity index (χ1) is 19.4. The van der Waals surface area contributed by atoms with Crippen LogP contribution in [0.3, 0.4) is 0 Å². The predicted molar refractivity (Wildman–Crippen MR) is 150 cm³/mol. The van der Waals surface area contributed by atoms with E-state index in [0.29, 0.717) is 17.0 Å². The van der Waals surface area contributed by atoms with Crippen molar-refractivity contribution in [1.29, 1.82) is 5.26 Å². The van der Waals surface area contributed by atoms with Crippen LogP contribution in [-0.4, -0.2) is 30.5 Å². The molecule has 0 bridgehead atoms. The Morgan fingerprint density at radius 3 is 2.60 bits per heavy atom. The number of rotatable bonds is 10. The molecule has 0 fully saturated rings. The van der Waals surface area contributed by atoms with Crippen molar-refractivity contribution >= 4 is 40.0 Å². The molecule has 1 N–H and O–H groups in total. The standard InChI is InChI=1S/C29H27N3O7S/c1-3-38-29(34)26-21-11-7-8-12-25(21)40-28(26)31-27(33)20(16-30)13-19-14-23(37-2)24(15-22(19)32(35)36)39-17-18-9-5-4-6-10-18/h4-6,9-10,13-15H,3,7-8,11-12,17H2,1-2H3,(H,31,33)/b20-13+. The second-order valence-corrected chi connectivity index (χ2v) is 9.96. The number of ether oxygens (including phenoxy) is 3. The average Bonchev–Trinajstić information content (AvgIpc) is 3.33. The molecule has 3 aromatic rings. The molecule has 1 heterocycles. The van der Waals surface area contributed by atoms with Crippen molar-refractivity contribution in [1.82, 2.24) is 0 Å². The van der Waals surface area contributed by atoms with Crippen molar-refractivity contribution in [2.45, 2.75) is 39.2 Å². The van der Waals surface area contributed by atoms with Crippen LogP contribution in [0, 0.1) is 21.4 Å². The summed E-state index contributed by atoms with van der Waals surface area (Å²) < 4.78 is 16.4. The minimum atomic E-state index is -0.802. The van der Waals surface area contributed by atoms with E-state index >= 15 is 0 Å². The van der Waals surface area contributed by atoms with Crippen molar-refractivity contribution in [3.8, 4) is 17.6 Å². The highest BCUT2D eigenvalue weighted by Gasteiger charge is 2.28. The smallest absolute Gasteiger partial charge is 0.341 e. The molecule has 206 valence electrons. The number of nitrogens with zero attached hydrogens (tertiary/aromatic N) is 2. The number of benzene rings is 2. The summed E-state index contributed by atoms with van der Waals surface area (Å²) in [4.78, 5) is 38.2. The SMILES string of the molecule is CCOC(=O)c1c(NC(=O)/C(C#N)=C/c2cc(OC)c(OCc3ccccc3)cc2[N+](=O)[O-])sc2c1CCCC2. The highest BCUT2D eigenvalue weighted by atomic mass is 32.1. The summed E-state index contributed by atoms with van der Waals surface area (Å²) in [5.41, 5.74) is 1.25. The molecule has 0 spiro atoms. The maximum atomic E-state index is 13.2. The molecule has 0 radical (unpaired) electrons. The van der Waals surface area contributed by atoms with Gasteiger partial charge in [-0.1, -0.05) is 30.3 Å². The van der Waals surface area contributed by atoms with Crippen LogP contribution in [0.15, 0.2) is 48.0 Å². The van der Waals surface area contributed by atoms with Crippen molar-refractivity contribution in [3.63, 3.8) is 0 Å². The van der Waals surface area contributed by atoms with Gasteiger partial charge in [-0.15, -0.1) is 11.3 Å². The third-order valence-electron chi connectivity index (χ3n) is 6.29. The predicted octanol–water partition coefficient (Wildman–Crippen LogP) is 5.85. The first kappa shape index (κ1) is 28.3. The highest BCUT2D eigenvalue weighted by Crippen LogP contribution is 2.39. The van der Waals surface area contributed by atoms with Crippen LogP contribution in [0.25, 0.3) is 6.08 Å². The molecule has 4 rings (SSSR count). The van der Waals surface area contributed by atoms with Gasteiger partial charge in [0.05, 0.1) is 35.8 Å². The number of nitro groups is 1. The number of fused-ring (bicyclic) bond motifs is 1. The van der Waals surface area contributed by atoms with E-state index in [1.807, 2.05) is 36.4 Å². The van der Waals surface area contributed by atoms with E-state index in [1.54, 1.807) is 6.92 Å². The van der Waals surface area contributed by atoms with Gasteiger partial charge in [0, 0.05) is 4.88 Å². The Morgan fingerprint density at radius 1 is 1.18 bits per heavy atom. The summed E-state index contributed by atoms with van der Waals surface area (Å²) in [5.74, 6) is -1.00. The first-order valence-electron chi connectivity index (χ1n) is 12.6. The quantitative estimate of drug-likeness (QED) is 0.107. The normalized spacial score (nSPS) is 12.6. The monoisotopic (exact) mass is 561 g/mol. The van der Waals surface area contributed by atoms with E-state index in [1.165, 1.54) is 30.6 Å². The minimum Gasteiger partial charge on any atom is -0.493 e. The maximum absolute atomic E-state index is 13.2. The maximum Gasteiger partial charge on any atom is 0.341 e. The third kappa shape index (κ3) is 6.30. The van der Waals surface area contributed by atoms with Crippen molar-refractivity contribution in [2.75, 3.05) is 19.0 Å². The lowest BCUT2D eigenvalue weighted by atomic mass is 9.95. The summed E-state index contributed by atoms with van der Waals surface area (Å²) >= 11 is 1.28. The van der Waals surface area contributed by atoms with Crippen LogP contribution >= 0.6 is 11.3 Å². The number of nitrogens with one attached hydrogen (secondary N) is 1. The fourth-order valence-corrected chi connectivity index (χ4v) is 5.67. The number of hydrogen-bond acceptors (Lipinski definition) is 9. The van der Waals surface area contributed by atoms with Crippen molar-refractivity contribution in [2.24, 2.45) is 0 Å². The fraction of sp³-hybridized carbons (Fsp3) is 0.276. The zero-order valence-corrected chi connectivity index (χ0v) is 22.8. The number of nitro benzene ring substituents is 1. The number of aryl methyl sites for hydroxylation is 1. The van der Waals surface area contributed by atoms with Crippen LogP contribution in [0.5, 0.6) is 11.5 Å². The van der Waals surface area contributed by atoms with E-state index in [-0.39, 0.29) is 41.5 Å². The second kappa shape index (κ2) is 12.9. The van der Waals surface area contributed by atoms with E-state index < -0.39 is 16.8 Å². The Morgan fingerprint density at radius 2 is 1.93 bits per heavy atom. The van der Waals surface area contributed by atoms with E-state index in [0.717, 1.165) is 41.3 Å². The van der Waals surface area contributed by atoms with Gasteiger partial charge in [-0.3, -0.25) is 14.9 Å². The number of thiophene rings is 1. The van der Waals surface area contributed by atoms with Crippen LogP contribution in [0.2, 0.25) is 0 Å². The number of carbonyl (C=O) groups excluding carboxylic acids is 2. The van der Waals surface area contributed by atoms with Gasteiger partial charge in [0.2, 0.25) is 0 Å². The van der Waals surface area contributed by atoms with Gasteiger partial charge in [0.25, 0.3) is 11.6 Å². The third-order valence-corrected chi connectivity index (χ3v) is 7.50. The zero-order chi connectivity index (χ0) is 28.6. The molecule has 10 nitrogen and oxygen atoms in total. The molecule has 0 unspecified atom stereocenters. The number of carbonyl (C=O) groups is 2. The van der Waals surface area contributed by atoms with Gasteiger partial charge in [-0.2, -0.15) is 5.26 Å². The van der Waals surface area contributed by atoms with Gasteiger partial charge < -0.3 is 19.5 Å². The van der Waals surface area contributed by atoms with E-state index in [9.17, 15) is 25.0 Å². The molecule has 1 amide bonds. The largest absolute Gasteiger partial charge is 0.493 e. The highest BCUT2D eigenvalue weighted by molar-refractivity contribution is 7.17. The molecule has 1 aliphatic carbocycles. The summed E-state index contributed by atoms with van der Waals surface area (Å²) in [5, 5.41) is 24.7. The summed E-state index contributed by atoms with van der Waals surface area (Å²) in [6.07, 6.45) is 4.50. The van der Waals surface area contributed by atoms with E-state index in [2.05, 4.69) is 5.32 Å². The number of anilines is 1. The van der Waals surface area contributed by atoms with Crippen molar-refractivity contribution < 1.29 is 28.7 Å². The van der Waals surface area contributed by atoms with Crippen LogP contribution in [0.4, 0.5) is 10.7 Å². The number of hydrogen-bond donors (Lipinski definition) is 1. The molecule has 0 atom stereocenters. The topological polar surface area (TPSA) is 141 Å². The fourth-order valence-electron chi connectivity index (χ4n) is 4.39. The molecule has 11 heteroatoms. The second-order valence-electron chi connectivity index (χ2n) is 8.85. The Hall–Kier alpha value is -4.69. The van der Waals surface area contributed by atoms with Crippen LogP contribution < -0.4 is 14.8 Å². The zero-order valence-electron chi connectivity index (χ0n) is 22.0. The number of nitriles is 1. The molecular weight excluding hydrogens is 534 g/mol. The van der Waals surface area contributed by atoms with Gasteiger partial charge in [0.1, 0.15) is 23.3 Å². The van der Waals surface area contributed by atoms with E-state index in [4.69, 9.17) is 14.2 Å². The number of methoxy groups -OCH3 is 1. The van der Waals surface area contributed by atoms with Crippen LogP contribution in [-0.2, 0) is 29.0 Å². The molecule has 2 aromatic carbocycles. The van der Waals surface area contributed by atoms with Gasteiger partial charge in [0.15, 0.2) is 11.5 Å². The minimum absolute atomic E-state index is 0.0169. The summed E-state index contributed by atoms with van der Waals surface area (Å²) in [6.45, 7) is 2.03. The molecule has 0 saturated carbocycles.